The van der Waals surface area contributed by atoms with E-state index in [1.54, 1.807) is 43.3 Å². The lowest BCUT2D eigenvalue weighted by molar-refractivity contribution is -0.139. The Bertz CT molecular complexity index is 1430. The Kier molecular flexibility index (Phi) is 11.4. The summed E-state index contributed by atoms with van der Waals surface area (Å²) in [6, 6.07) is 19.5. The average molecular weight is 645 g/mol. The third kappa shape index (κ3) is 8.33. The fraction of sp³-hybridized carbons (Fsp3) is 0.355. The zero-order valence-corrected chi connectivity index (χ0v) is 26.5. The highest BCUT2D eigenvalue weighted by Crippen LogP contribution is 2.27. The van der Waals surface area contributed by atoms with Crippen LogP contribution in [0.1, 0.15) is 45.2 Å². The molecule has 0 aromatic heterocycles. The molecule has 8 nitrogen and oxygen atoms in total. The monoisotopic (exact) mass is 643 g/mol. The molecular weight excluding hydrogens is 606 g/mol. The Labute approximate surface area is 251 Å². The Morgan fingerprint density at radius 2 is 1.59 bits per heavy atom. The highest BCUT2D eigenvalue weighted by molar-refractivity contribution is 9.10. The van der Waals surface area contributed by atoms with E-state index in [1.807, 2.05) is 52.0 Å². The summed E-state index contributed by atoms with van der Waals surface area (Å²) in [4.78, 5) is 28.7. The van der Waals surface area contributed by atoms with Gasteiger partial charge in [0.05, 0.1) is 17.2 Å². The lowest BCUT2D eigenvalue weighted by Crippen LogP contribution is -2.52. The minimum absolute atomic E-state index is 0.0374. The van der Waals surface area contributed by atoms with Crippen LogP contribution in [0.25, 0.3) is 0 Å². The second-order valence-electron chi connectivity index (χ2n) is 9.83. The van der Waals surface area contributed by atoms with Crippen LogP contribution in [0.15, 0.2) is 82.2 Å². The smallest absolute Gasteiger partial charge is 0.264 e. The highest BCUT2D eigenvalue weighted by Gasteiger charge is 2.33. The molecule has 2 amide bonds. The van der Waals surface area contributed by atoms with Crippen LogP contribution in [0.2, 0.25) is 0 Å². The molecule has 3 aromatic rings. The summed E-state index contributed by atoms with van der Waals surface area (Å²) in [5.74, 6) is -0.223. The van der Waals surface area contributed by atoms with E-state index in [0.29, 0.717) is 18.0 Å². The van der Waals surface area contributed by atoms with Gasteiger partial charge in [0, 0.05) is 17.1 Å². The van der Waals surface area contributed by atoms with Crippen molar-refractivity contribution in [1.82, 2.24) is 10.2 Å². The third-order valence-electron chi connectivity index (χ3n) is 6.89. The molecule has 0 heterocycles. The summed E-state index contributed by atoms with van der Waals surface area (Å²) in [5, 5.41) is 2.95. The van der Waals surface area contributed by atoms with Gasteiger partial charge in [-0.05, 0) is 93.8 Å². The Morgan fingerprint density at radius 3 is 2.17 bits per heavy atom. The first kappa shape index (κ1) is 32.1. The van der Waals surface area contributed by atoms with Crippen LogP contribution >= 0.6 is 15.9 Å². The number of aryl methyl sites for hydroxylation is 1. The van der Waals surface area contributed by atoms with Gasteiger partial charge in [0.25, 0.3) is 10.0 Å². The molecule has 0 fully saturated rings. The average Bonchev–Trinajstić information content (AvgIpc) is 2.95. The highest BCUT2D eigenvalue weighted by atomic mass is 79.9. The predicted octanol–water partition coefficient (Wildman–Crippen LogP) is 5.68. The van der Waals surface area contributed by atoms with Gasteiger partial charge in [-0.2, -0.15) is 0 Å². The van der Waals surface area contributed by atoms with Crippen molar-refractivity contribution in [2.75, 3.05) is 17.5 Å². The van der Waals surface area contributed by atoms with Crippen LogP contribution < -0.4 is 14.4 Å². The zero-order valence-electron chi connectivity index (χ0n) is 24.1. The normalized spacial score (nSPS) is 12.7. The van der Waals surface area contributed by atoms with Crippen LogP contribution in [0, 0.1) is 6.92 Å². The van der Waals surface area contributed by atoms with Crippen LogP contribution in [0.5, 0.6) is 5.75 Å². The van der Waals surface area contributed by atoms with Crippen molar-refractivity contribution in [2.45, 2.75) is 64.6 Å². The van der Waals surface area contributed by atoms with Crippen LogP contribution in [0.4, 0.5) is 5.69 Å². The van der Waals surface area contributed by atoms with Gasteiger partial charge in [0.15, 0.2) is 0 Å². The standard InChI is InChI=1S/C31H38BrN3O5S/c1-6-23(4)33-31(37)24(5)34(20-25-11-9-8-10-22(25)3)30(36)21-35(27-14-16-28(17-15-27)40-7-2)41(38,39)29-18-12-26(32)13-19-29/h8-19,23-24H,6-7,20-21H2,1-5H3,(H,33,37). The number of hydrogen-bond acceptors (Lipinski definition) is 5. The van der Waals surface area contributed by atoms with Crippen LogP contribution in [-0.2, 0) is 26.2 Å². The Balaban J connectivity index is 2.04. The van der Waals surface area contributed by atoms with E-state index in [2.05, 4.69) is 21.2 Å². The van der Waals surface area contributed by atoms with Crippen molar-refractivity contribution in [1.29, 1.82) is 0 Å². The molecule has 1 N–H and O–H groups in total. The zero-order chi connectivity index (χ0) is 30.2. The first-order chi connectivity index (χ1) is 19.5. The lowest BCUT2D eigenvalue weighted by atomic mass is 10.1. The number of nitrogens with zero attached hydrogens (tertiary/aromatic N) is 2. The molecule has 2 unspecified atom stereocenters. The van der Waals surface area contributed by atoms with E-state index >= 15 is 0 Å². The maximum absolute atomic E-state index is 14.1. The van der Waals surface area contributed by atoms with Crippen LogP contribution in [-0.4, -0.2) is 50.4 Å². The Hall–Kier alpha value is -3.37. The SMILES string of the molecule is CCOc1ccc(N(CC(=O)N(Cc2ccccc2C)C(C)C(=O)NC(C)CC)S(=O)(=O)c2ccc(Br)cc2)cc1. The topological polar surface area (TPSA) is 96.0 Å². The van der Waals surface area contributed by atoms with E-state index in [1.165, 1.54) is 17.0 Å². The molecule has 41 heavy (non-hydrogen) atoms. The van der Waals surface area contributed by atoms with Gasteiger partial charge in [0.2, 0.25) is 11.8 Å². The van der Waals surface area contributed by atoms with Gasteiger partial charge in [0.1, 0.15) is 18.3 Å². The second kappa shape index (κ2) is 14.5. The molecule has 0 radical (unpaired) electrons. The second-order valence-corrected chi connectivity index (χ2v) is 12.6. The first-order valence-corrected chi connectivity index (χ1v) is 15.9. The van der Waals surface area contributed by atoms with E-state index in [-0.39, 0.29) is 23.4 Å². The van der Waals surface area contributed by atoms with Gasteiger partial charge in [-0.25, -0.2) is 8.42 Å². The molecule has 0 saturated heterocycles. The quantitative estimate of drug-likeness (QED) is 0.258. The molecule has 0 aliphatic rings. The fourth-order valence-corrected chi connectivity index (χ4v) is 5.84. The summed E-state index contributed by atoms with van der Waals surface area (Å²) < 4.78 is 35.2. The van der Waals surface area contributed by atoms with Crippen molar-refractivity contribution in [3.63, 3.8) is 0 Å². The lowest BCUT2D eigenvalue weighted by Gasteiger charge is -2.32. The summed E-state index contributed by atoms with van der Waals surface area (Å²) in [6.07, 6.45) is 0.737. The van der Waals surface area contributed by atoms with Crippen LogP contribution in [0.3, 0.4) is 0 Å². The maximum atomic E-state index is 14.1. The number of anilines is 1. The minimum atomic E-state index is -4.15. The number of sulfonamides is 1. The summed E-state index contributed by atoms with van der Waals surface area (Å²) >= 11 is 3.34. The molecule has 0 saturated carbocycles. The van der Waals surface area contributed by atoms with Gasteiger partial charge >= 0.3 is 0 Å². The summed E-state index contributed by atoms with van der Waals surface area (Å²) in [5.41, 5.74) is 2.13. The number of carbonyl (C=O) groups excluding carboxylic acids is 2. The van der Waals surface area contributed by atoms with Crippen molar-refractivity contribution in [3.8, 4) is 5.75 Å². The minimum Gasteiger partial charge on any atom is -0.494 e. The van der Waals surface area contributed by atoms with E-state index in [9.17, 15) is 18.0 Å². The van der Waals surface area contributed by atoms with Crippen molar-refractivity contribution < 1.29 is 22.7 Å². The third-order valence-corrected chi connectivity index (χ3v) is 9.20. The number of nitrogens with one attached hydrogen (secondary N) is 1. The van der Waals surface area contributed by atoms with E-state index in [4.69, 9.17) is 4.74 Å². The largest absolute Gasteiger partial charge is 0.494 e. The summed E-state index contributed by atoms with van der Waals surface area (Å²) in [6.45, 7) is 9.44. The molecule has 3 rings (SSSR count). The van der Waals surface area contributed by atoms with Gasteiger partial charge < -0.3 is 15.0 Å². The molecule has 0 aliphatic heterocycles. The summed E-state index contributed by atoms with van der Waals surface area (Å²) in [7, 11) is -4.15. The number of amides is 2. The molecule has 3 aromatic carbocycles. The number of carbonyl (C=O) groups is 2. The van der Waals surface area contributed by atoms with Crippen molar-refractivity contribution >= 4 is 43.5 Å². The van der Waals surface area contributed by atoms with Gasteiger partial charge in [-0.1, -0.05) is 47.1 Å². The molecule has 220 valence electrons. The molecule has 0 aliphatic carbocycles. The number of rotatable bonds is 13. The number of halogens is 1. The molecule has 10 heteroatoms. The van der Waals surface area contributed by atoms with Crippen molar-refractivity contribution in [2.24, 2.45) is 0 Å². The number of hydrogen-bond donors (Lipinski definition) is 1. The fourth-order valence-electron chi connectivity index (χ4n) is 4.16. The number of benzene rings is 3. The maximum Gasteiger partial charge on any atom is 0.264 e. The first-order valence-electron chi connectivity index (χ1n) is 13.6. The molecule has 0 spiro atoms. The molecule has 0 bridgehead atoms. The Morgan fingerprint density at radius 1 is 0.951 bits per heavy atom. The molecule has 2 atom stereocenters. The number of ether oxygens (including phenoxy) is 1. The van der Waals surface area contributed by atoms with Crippen molar-refractivity contribution in [3.05, 3.63) is 88.4 Å². The van der Waals surface area contributed by atoms with E-state index in [0.717, 1.165) is 26.3 Å². The molecular formula is C31H38BrN3O5S. The van der Waals surface area contributed by atoms with Gasteiger partial charge in [-0.3, -0.25) is 13.9 Å². The van der Waals surface area contributed by atoms with Gasteiger partial charge in [-0.15, -0.1) is 0 Å². The van der Waals surface area contributed by atoms with E-state index < -0.39 is 28.5 Å². The predicted molar refractivity (Wildman–Crippen MR) is 165 cm³/mol.